The van der Waals surface area contributed by atoms with E-state index in [1.54, 1.807) is 6.07 Å². The van der Waals surface area contributed by atoms with E-state index in [1.807, 2.05) is 19.1 Å². The number of hydrogen-bond acceptors (Lipinski definition) is 4. The number of amides is 1. The van der Waals surface area contributed by atoms with E-state index in [1.165, 1.54) is 0 Å². The average Bonchev–Trinajstić information content (AvgIpc) is 2.37. The normalized spacial score (nSPS) is 12.7. The minimum atomic E-state index is -0.170. The van der Waals surface area contributed by atoms with Crippen LogP contribution in [0, 0.1) is 18.3 Å². The Morgan fingerprint density at radius 3 is 2.72 bits per heavy atom. The maximum Gasteiger partial charge on any atom is 0.225 e. The third-order valence-corrected chi connectivity index (χ3v) is 2.63. The van der Waals surface area contributed by atoms with E-state index in [4.69, 9.17) is 14.7 Å². The molecule has 18 heavy (non-hydrogen) atoms. The van der Waals surface area contributed by atoms with Gasteiger partial charge < -0.3 is 14.8 Å². The summed E-state index contributed by atoms with van der Waals surface area (Å²) in [5, 5.41) is 11.2. The zero-order chi connectivity index (χ0) is 13.0. The lowest BCUT2D eigenvalue weighted by atomic mass is 10.1. The number of anilines is 1. The van der Waals surface area contributed by atoms with Gasteiger partial charge >= 0.3 is 0 Å². The van der Waals surface area contributed by atoms with Crippen LogP contribution in [-0.2, 0) is 4.79 Å². The third-order valence-electron chi connectivity index (χ3n) is 2.63. The molecule has 0 bridgehead atoms. The van der Waals surface area contributed by atoms with Crippen LogP contribution >= 0.6 is 0 Å². The molecule has 0 spiro atoms. The molecule has 5 heteroatoms. The smallest absolute Gasteiger partial charge is 0.225 e. The van der Waals surface area contributed by atoms with E-state index >= 15 is 0 Å². The summed E-state index contributed by atoms with van der Waals surface area (Å²) < 4.78 is 10.9. The maximum atomic E-state index is 11.6. The summed E-state index contributed by atoms with van der Waals surface area (Å²) in [6.07, 6.45) is 0.416. The minimum Gasteiger partial charge on any atom is -0.486 e. The summed E-state index contributed by atoms with van der Waals surface area (Å²) in [6, 6.07) is 5.54. The molecule has 0 unspecified atom stereocenters. The predicted molar refractivity (Wildman–Crippen MR) is 65.6 cm³/mol. The number of fused-ring (bicyclic) bond motifs is 1. The number of nitriles is 1. The fourth-order valence-electron chi connectivity index (χ4n) is 1.71. The lowest BCUT2D eigenvalue weighted by Crippen LogP contribution is -2.17. The topological polar surface area (TPSA) is 71.4 Å². The number of aryl methyl sites for hydroxylation is 1. The molecule has 0 atom stereocenters. The number of ether oxygens (including phenoxy) is 2. The number of carbonyl (C=O) groups excluding carboxylic acids is 1. The average molecular weight is 246 g/mol. The first kappa shape index (κ1) is 12.2. The molecule has 0 saturated heterocycles. The summed E-state index contributed by atoms with van der Waals surface area (Å²) in [4.78, 5) is 11.6. The molecular formula is C13H14N2O3. The van der Waals surface area contributed by atoms with Crippen molar-refractivity contribution in [1.29, 1.82) is 5.26 Å². The molecule has 0 saturated carbocycles. The van der Waals surface area contributed by atoms with Crippen LogP contribution in [0.1, 0.15) is 18.4 Å². The Kier molecular flexibility index (Phi) is 3.68. The van der Waals surface area contributed by atoms with Crippen molar-refractivity contribution in [1.82, 2.24) is 0 Å². The van der Waals surface area contributed by atoms with Gasteiger partial charge in [0.1, 0.15) is 13.2 Å². The molecule has 1 N–H and O–H groups in total. The standard InChI is InChI=1S/C13H14N2O3/c1-9-7-11-12(18-6-5-17-11)8-10(9)15-13(16)3-2-4-14/h7-8H,2-3,5-6H2,1H3,(H,15,16). The van der Waals surface area contributed by atoms with Gasteiger partial charge in [-0.05, 0) is 18.6 Å². The molecule has 0 radical (unpaired) electrons. The summed E-state index contributed by atoms with van der Waals surface area (Å²) in [5.41, 5.74) is 1.60. The van der Waals surface area contributed by atoms with Crippen LogP contribution in [0.3, 0.4) is 0 Å². The molecular weight excluding hydrogens is 232 g/mol. The van der Waals surface area contributed by atoms with Crippen LogP contribution in [0.25, 0.3) is 0 Å². The fourth-order valence-corrected chi connectivity index (χ4v) is 1.71. The van der Waals surface area contributed by atoms with Crippen LogP contribution < -0.4 is 14.8 Å². The summed E-state index contributed by atoms with van der Waals surface area (Å²) in [6.45, 7) is 2.94. The van der Waals surface area contributed by atoms with Crippen molar-refractivity contribution >= 4 is 11.6 Å². The van der Waals surface area contributed by atoms with Crippen molar-refractivity contribution in [2.75, 3.05) is 18.5 Å². The molecule has 0 fully saturated rings. The van der Waals surface area contributed by atoms with Gasteiger partial charge in [0.15, 0.2) is 11.5 Å². The van der Waals surface area contributed by atoms with E-state index in [0.29, 0.717) is 30.4 Å². The van der Waals surface area contributed by atoms with Gasteiger partial charge in [-0.25, -0.2) is 0 Å². The molecule has 1 aromatic carbocycles. The second-order valence-corrected chi connectivity index (χ2v) is 4.02. The van der Waals surface area contributed by atoms with E-state index in [2.05, 4.69) is 5.32 Å². The van der Waals surface area contributed by atoms with Crippen LogP contribution in [0.2, 0.25) is 0 Å². The SMILES string of the molecule is Cc1cc2c(cc1NC(=O)CCC#N)OCCO2. The van der Waals surface area contributed by atoms with Crippen LogP contribution in [0.4, 0.5) is 5.69 Å². The van der Waals surface area contributed by atoms with Gasteiger partial charge in [0, 0.05) is 24.6 Å². The van der Waals surface area contributed by atoms with Gasteiger partial charge in [-0.15, -0.1) is 0 Å². The Labute approximate surface area is 105 Å². The number of nitrogens with zero attached hydrogens (tertiary/aromatic N) is 1. The molecule has 1 aromatic rings. The first-order chi connectivity index (χ1) is 8.70. The summed E-state index contributed by atoms with van der Waals surface area (Å²) in [5.74, 6) is 1.17. The van der Waals surface area contributed by atoms with Crippen molar-refractivity contribution in [2.24, 2.45) is 0 Å². The highest BCUT2D eigenvalue weighted by molar-refractivity contribution is 5.92. The lowest BCUT2D eigenvalue weighted by Gasteiger charge is -2.20. The highest BCUT2D eigenvalue weighted by Crippen LogP contribution is 2.35. The number of nitrogens with one attached hydrogen (secondary N) is 1. The summed E-state index contributed by atoms with van der Waals surface area (Å²) >= 11 is 0. The van der Waals surface area contributed by atoms with E-state index in [0.717, 1.165) is 5.56 Å². The third kappa shape index (κ3) is 2.72. The highest BCUT2D eigenvalue weighted by Gasteiger charge is 2.15. The molecule has 1 aliphatic heterocycles. The fraction of sp³-hybridized carbons (Fsp3) is 0.385. The van der Waals surface area contributed by atoms with E-state index < -0.39 is 0 Å². The van der Waals surface area contributed by atoms with Crippen LogP contribution in [0.5, 0.6) is 11.5 Å². The van der Waals surface area contributed by atoms with Crippen molar-refractivity contribution in [3.05, 3.63) is 17.7 Å². The Hall–Kier alpha value is -2.22. The first-order valence-corrected chi connectivity index (χ1v) is 5.78. The van der Waals surface area contributed by atoms with Crippen LogP contribution in [0.15, 0.2) is 12.1 Å². The largest absolute Gasteiger partial charge is 0.486 e. The van der Waals surface area contributed by atoms with Gasteiger partial charge in [0.05, 0.1) is 6.07 Å². The van der Waals surface area contributed by atoms with Gasteiger partial charge in [-0.3, -0.25) is 4.79 Å². The van der Waals surface area contributed by atoms with Crippen molar-refractivity contribution < 1.29 is 14.3 Å². The highest BCUT2D eigenvalue weighted by atomic mass is 16.6. The first-order valence-electron chi connectivity index (χ1n) is 5.78. The van der Waals surface area contributed by atoms with Gasteiger partial charge in [0.2, 0.25) is 5.91 Å². The number of rotatable bonds is 3. The minimum absolute atomic E-state index is 0.170. The van der Waals surface area contributed by atoms with E-state index in [-0.39, 0.29) is 18.7 Å². The number of benzene rings is 1. The lowest BCUT2D eigenvalue weighted by molar-refractivity contribution is -0.116. The zero-order valence-corrected chi connectivity index (χ0v) is 10.2. The zero-order valence-electron chi connectivity index (χ0n) is 10.2. The molecule has 1 aliphatic rings. The monoisotopic (exact) mass is 246 g/mol. The predicted octanol–water partition coefficient (Wildman–Crippen LogP) is 2.01. The number of carbonyl (C=O) groups is 1. The maximum absolute atomic E-state index is 11.6. The molecule has 1 amide bonds. The van der Waals surface area contributed by atoms with E-state index in [9.17, 15) is 4.79 Å². The van der Waals surface area contributed by atoms with Gasteiger partial charge in [-0.2, -0.15) is 5.26 Å². The second-order valence-electron chi connectivity index (χ2n) is 4.02. The molecule has 2 rings (SSSR count). The van der Waals surface area contributed by atoms with Gasteiger partial charge in [0.25, 0.3) is 0 Å². The van der Waals surface area contributed by atoms with Crippen LogP contribution in [-0.4, -0.2) is 19.1 Å². The second kappa shape index (κ2) is 5.41. The van der Waals surface area contributed by atoms with Crippen molar-refractivity contribution in [2.45, 2.75) is 19.8 Å². The summed E-state index contributed by atoms with van der Waals surface area (Å²) in [7, 11) is 0. The molecule has 0 aromatic heterocycles. The molecule has 0 aliphatic carbocycles. The number of hydrogen-bond donors (Lipinski definition) is 1. The Morgan fingerprint density at radius 2 is 2.06 bits per heavy atom. The van der Waals surface area contributed by atoms with Crippen molar-refractivity contribution in [3.8, 4) is 17.6 Å². The quantitative estimate of drug-likeness (QED) is 0.885. The Morgan fingerprint density at radius 1 is 1.39 bits per heavy atom. The molecule has 5 nitrogen and oxygen atoms in total. The van der Waals surface area contributed by atoms with Gasteiger partial charge in [-0.1, -0.05) is 0 Å². The Bertz CT molecular complexity index is 506. The molecule has 94 valence electrons. The molecule has 1 heterocycles. The Balaban J connectivity index is 2.13. The van der Waals surface area contributed by atoms with Crippen molar-refractivity contribution in [3.63, 3.8) is 0 Å².